The quantitative estimate of drug-likeness (QED) is 0.855. The summed E-state index contributed by atoms with van der Waals surface area (Å²) >= 11 is 0. The van der Waals surface area contributed by atoms with Crippen LogP contribution in [0.1, 0.15) is 19.4 Å². The fourth-order valence-electron chi connectivity index (χ4n) is 3.01. The molecule has 0 amide bonds. The molecule has 108 valence electrons. The van der Waals surface area contributed by atoms with E-state index in [1.807, 2.05) is 17.9 Å². The van der Waals surface area contributed by atoms with E-state index >= 15 is 0 Å². The summed E-state index contributed by atoms with van der Waals surface area (Å²) in [4.78, 5) is 5.11. The van der Waals surface area contributed by atoms with Crippen LogP contribution in [0.15, 0.2) is 24.4 Å². The molecule has 0 radical (unpaired) electrons. The summed E-state index contributed by atoms with van der Waals surface area (Å²) in [5.74, 6) is 0. The number of nitrogens with zero attached hydrogens (tertiary/aromatic N) is 4. The third-order valence-corrected chi connectivity index (χ3v) is 4.35. The molecular formula is C16H24N4. The van der Waals surface area contributed by atoms with Gasteiger partial charge in [0.05, 0.1) is 11.7 Å². The van der Waals surface area contributed by atoms with Gasteiger partial charge in [0.15, 0.2) is 0 Å². The summed E-state index contributed by atoms with van der Waals surface area (Å²) in [7, 11) is 1.99. The van der Waals surface area contributed by atoms with Gasteiger partial charge in [-0.05, 0) is 31.5 Å². The number of hydrogen-bond acceptors (Lipinski definition) is 3. The molecule has 0 saturated carbocycles. The first-order valence-corrected chi connectivity index (χ1v) is 7.50. The van der Waals surface area contributed by atoms with E-state index in [0.29, 0.717) is 6.04 Å². The average molecular weight is 272 g/mol. The van der Waals surface area contributed by atoms with Gasteiger partial charge in [0.2, 0.25) is 0 Å². The van der Waals surface area contributed by atoms with Gasteiger partial charge in [-0.25, -0.2) is 0 Å². The molecule has 0 N–H and O–H groups in total. The second kappa shape index (κ2) is 5.54. The van der Waals surface area contributed by atoms with Crippen LogP contribution in [-0.2, 0) is 13.6 Å². The van der Waals surface area contributed by atoms with Gasteiger partial charge in [0.1, 0.15) is 0 Å². The molecule has 0 atom stereocenters. The van der Waals surface area contributed by atoms with Gasteiger partial charge in [-0.15, -0.1) is 0 Å². The number of benzene rings is 1. The van der Waals surface area contributed by atoms with Gasteiger partial charge in [-0.2, -0.15) is 5.10 Å². The fourth-order valence-corrected chi connectivity index (χ4v) is 3.01. The maximum Gasteiger partial charge on any atom is 0.0679 e. The van der Waals surface area contributed by atoms with Crippen LogP contribution in [0.5, 0.6) is 0 Å². The van der Waals surface area contributed by atoms with E-state index in [9.17, 15) is 0 Å². The second-order valence-electron chi connectivity index (χ2n) is 6.07. The minimum atomic E-state index is 0.670. The Bertz CT molecular complexity index is 579. The maximum absolute atomic E-state index is 4.31. The second-order valence-corrected chi connectivity index (χ2v) is 6.07. The molecule has 0 unspecified atom stereocenters. The highest BCUT2D eigenvalue weighted by molar-refractivity contribution is 5.79. The highest BCUT2D eigenvalue weighted by Crippen LogP contribution is 2.17. The molecule has 1 fully saturated rings. The first-order valence-electron chi connectivity index (χ1n) is 7.50. The smallest absolute Gasteiger partial charge is 0.0679 e. The van der Waals surface area contributed by atoms with Crippen molar-refractivity contribution in [2.45, 2.75) is 26.4 Å². The summed E-state index contributed by atoms with van der Waals surface area (Å²) in [6, 6.07) is 7.36. The summed E-state index contributed by atoms with van der Waals surface area (Å²) in [5, 5.41) is 5.55. The number of aryl methyl sites for hydroxylation is 1. The predicted molar refractivity (Wildman–Crippen MR) is 82.7 cm³/mol. The SMILES string of the molecule is CC(C)N1CCN(Cc2ccc3c(cnn3C)c2)CC1. The van der Waals surface area contributed by atoms with Gasteiger partial charge < -0.3 is 0 Å². The minimum absolute atomic E-state index is 0.670. The van der Waals surface area contributed by atoms with Crippen LogP contribution in [0.25, 0.3) is 10.9 Å². The molecule has 1 aliphatic rings. The zero-order valence-corrected chi connectivity index (χ0v) is 12.7. The summed E-state index contributed by atoms with van der Waals surface area (Å²) in [6.07, 6.45) is 1.95. The minimum Gasteiger partial charge on any atom is -0.298 e. The van der Waals surface area contributed by atoms with Crippen LogP contribution in [-0.4, -0.2) is 51.8 Å². The van der Waals surface area contributed by atoms with Gasteiger partial charge in [-0.3, -0.25) is 14.5 Å². The van der Waals surface area contributed by atoms with Crippen molar-refractivity contribution in [1.82, 2.24) is 19.6 Å². The van der Waals surface area contributed by atoms with Crippen molar-refractivity contribution in [3.05, 3.63) is 30.0 Å². The first kappa shape index (κ1) is 13.6. The van der Waals surface area contributed by atoms with E-state index < -0.39 is 0 Å². The molecule has 3 rings (SSSR count). The van der Waals surface area contributed by atoms with Crippen LogP contribution in [0.4, 0.5) is 0 Å². The van der Waals surface area contributed by atoms with Crippen molar-refractivity contribution in [2.75, 3.05) is 26.2 Å². The highest BCUT2D eigenvalue weighted by atomic mass is 15.3. The molecule has 0 spiro atoms. The third-order valence-electron chi connectivity index (χ3n) is 4.35. The lowest BCUT2D eigenvalue weighted by atomic mass is 10.1. The van der Waals surface area contributed by atoms with Gasteiger partial charge in [0, 0.05) is 51.2 Å². The normalized spacial score (nSPS) is 18.2. The van der Waals surface area contributed by atoms with E-state index in [2.05, 4.69) is 46.9 Å². The standard InChI is InChI=1S/C16H24N4/c1-13(2)20-8-6-19(7-9-20)12-14-4-5-16-15(10-14)11-17-18(16)3/h4-5,10-11,13H,6-9,12H2,1-3H3. The summed E-state index contributed by atoms with van der Waals surface area (Å²) in [6.45, 7) is 10.3. The summed E-state index contributed by atoms with van der Waals surface area (Å²) < 4.78 is 1.93. The lowest BCUT2D eigenvalue weighted by Gasteiger charge is -2.36. The number of aromatic nitrogens is 2. The Morgan fingerprint density at radius 2 is 1.90 bits per heavy atom. The van der Waals surface area contributed by atoms with Crippen molar-refractivity contribution in [3.8, 4) is 0 Å². The molecule has 0 aliphatic carbocycles. The molecule has 1 saturated heterocycles. The molecule has 1 aliphatic heterocycles. The molecule has 2 aromatic rings. The van der Waals surface area contributed by atoms with Gasteiger partial charge >= 0.3 is 0 Å². The lowest BCUT2D eigenvalue weighted by Crippen LogP contribution is -2.48. The molecule has 20 heavy (non-hydrogen) atoms. The van der Waals surface area contributed by atoms with Crippen LogP contribution in [0, 0.1) is 0 Å². The zero-order valence-electron chi connectivity index (χ0n) is 12.7. The zero-order chi connectivity index (χ0) is 14.1. The van der Waals surface area contributed by atoms with E-state index in [0.717, 1.165) is 6.54 Å². The highest BCUT2D eigenvalue weighted by Gasteiger charge is 2.18. The summed E-state index contributed by atoms with van der Waals surface area (Å²) in [5.41, 5.74) is 2.60. The molecule has 0 bridgehead atoms. The Kier molecular flexibility index (Phi) is 3.76. The Labute approximate surface area is 121 Å². The number of fused-ring (bicyclic) bond motifs is 1. The maximum atomic E-state index is 4.31. The average Bonchev–Trinajstić information content (AvgIpc) is 2.81. The number of rotatable bonds is 3. The van der Waals surface area contributed by atoms with E-state index in [4.69, 9.17) is 0 Å². The number of hydrogen-bond donors (Lipinski definition) is 0. The van der Waals surface area contributed by atoms with Crippen molar-refractivity contribution >= 4 is 10.9 Å². The Hall–Kier alpha value is -1.39. The van der Waals surface area contributed by atoms with Crippen LogP contribution < -0.4 is 0 Å². The van der Waals surface area contributed by atoms with Gasteiger partial charge in [-0.1, -0.05) is 6.07 Å². The first-order chi connectivity index (χ1) is 9.63. The largest absolute Gasteiger partial charge is 0.298 e. The monoisotopic (exact) mass is 272 g/mol. The third kappa shape index (κ3) is 2.72. The van der Waals surface area contributed by atoms with Crippen molar-refractivity contribution in [2.24, 2.45) is 7.05 Å². The molecular weight excluding hydrogens is 248 g/mol. The Morgan fingerprint density at radius 1 is 1.15 bits per heavy atom. The van der Waals surface area contributed by atoms with Crippen LogP contribution in [0.2, 0.25) is 0 Å². The van der Waals surface area contributed by atoms with Crippen LogP contribution in [0.3, 0.4) is 0 Å². The predicted octanol–water partition coefficient (Wildman–Crippen LogP) is 2.10. The topological polar surface area (TPSA) is 24.3 Å². The lowest BCUT2D eigenvalue weighted by molar-refractivity contribution is 0.104. The molecule has 4 heteroatoms. The van der Waals surface area contributed by atoms with E-state index in [1.165, 1.54) is 42.6 Å². The van der Waals surface area contributed by atoms with E-state index in [1.54, 1.807) is 0 Å². The molecule has 1 aromatic heterocycles. The number of piperazine rings is 1. The Balaban J connectivity index is 1.65. The van der Waals surface area contributed by atoms with Crippen LogP contribution >= 0.6 is 0 Å². The molecule has 2 heterocycles. The molecule has 1 aromatic carbocycles. The van der Waals surface area contributed by atoms with Crippen molar-refractivity contribution in [3.63, 3.8) is 0 Å². The fraction of sp³-hybridized carbons (Fsp3) is 0.562. The van der Waals surface area contributed by atoms with Crippen molar-refractivity contribution in [1.29, 1.82) is 0 Å². The Morgan fingerprint density at radius 3 is 2.60 bits per heavy atom. The van der Waals surface area contributed by atoms with Gasteiger partial charge in [0.25, 0.3) is 0 Å². The molecule has 4 nitrogen and oxygen atoms in total. The van der Waals surface area contributed by atoms with E-state index in [-0.39, 0.29) is 0 Å². The van der Waals surface area contributed by atoms with Crippen molar-refractivity contribution < 1.29 is 0 Å².